The number of carbonyl (C=O) groups excluding carboxylic acids is 1. The average Bonchev–Trinajstić information content (AvgIpc) is 3.11. The summed E-state index contributed by atoms with van der Waals surface area (Å²) in [6.45, 7) is 0.217. The van der Waals surface area contributed by atoms with Gasteiger partial charge in [-0.25, -0.2) is 9.48 Å². The molecule has 1 aromatic carbocycles. The molecule has 1 aromatic heterocycles. The van der Waals surface area contributed by atoms with Crippen LogP contribution in [0.15, 0.2) is 48.2 Å². The molecule has 1 aliphatic rings. The van der Waals surface area contributed by atoms with Crippen LogP contribution in [0.3, 0.4) is 0 Å². The topological polar surface area (TPSA) is 107 Å². The van der Waals surface area contributed by atoms with Crippen molar-refractivity contribution in [3.63, 3.8) is 0 Å². The van der Waals surface area contributed by atoms with Gasteiger partial charge in [-0.05, 0) is 18.2 Å². The van der Waals surface area contributed by atoms with Gasteiger partial charge in [0, 0.05) is 12.0 Å². The molecule has 3 atom stereocenters. The van der Waals surface area contributed by atoms with E-state index in [0.717, 1.165) is 0 Å². The van der Waals surface area contributed by atoms with E-state index in [-0.39, 0.29) is 13.0 Å². The molecule has 0 unspecified atom stereocenters. The Morgan fingerprint density at radius 1 is 1.32 bits per heavy atom. The SMILES string of the molecule is COC(=O)C1=C[C@@H](O)[C@@H](O)[C@H](n2cc(COc3ccccc3)nn2)C1. The molecule has 3 rings (SSSR count). The minimum atomic E-state index is -1.18. The van der Waals surface area contributed by atoms with Crippen molar-refractivity contribution < 1.29 is 24.5 Å². The van der Waals surface area contributed by atoms with Crippen molar-refractivity contribution in [3.05, 3.63) is 53.9 Å². The number of aliphatic hydroxyl groups excluding tert-OH is 2. The summed E-state index contributed by atoms with van der Waals surface area (Å²) in [6.07, 6.45) is 0.847. The first-order chi connectivity index (χ1) is 12.1. The zero-order valence-electron chi connectivity index (χ0n) is 13.6. The average molecular weight is 345 g/mol. The number of aromatic nitrogens is 3. The number of nitrogens with zero attached hydrogens (tertiary/aromatic N) is 3. The fraction of sp³-hybridized carbons (Fsp3) is 0.353. The Morgan fingerprint density at radius 3 is 2.80 bits per heavy atom. The normalized spacial score (nSPS) is 23.0. The molecule has 2 aromatic rings. The first kappa shape index (κ1) is 17.1. The minimum absolute atomic E-state index is 0.188. The molecule has 8 heteroatoms. The van der Waals surface area contributed by atoms with Crippen LogP contribution in [0.1, 0.15) is 18.2 Å². The van der Waals surface area contributed by atoms with Gasteiger partial charge in [0.2, 0.25) is 0 Å². The highest BCUT2D eigenvalue weighted by Crippen LogP contribution is 2.29. The molecule has 0 bridgehead atoms. The van der Waals surface area contributed by atoms with E-state index in [0.29, 0.717) is 17.0 Å². The number of aliphatic hydroxyl groups is 2. The molecular weight excluding hydrogens is 326 g/mol. The second kappa shape index (κ2) is 7.45. The predicted molar refractivity (Wildman–Crippen MR) is 86.6 cm³/mol. The summed E-state index contributed by atoms with van der Waals surface area (Å²) in [7, 11) is 1.27. The molecule has 132 valence electrons. The highest BCUT2D eigenvalue weighted by molar-refractivity contribution is 5.88. The molecule has 2 N–H and O–H groups in total. The predicted octanol–water partition coefficient (Wildman–Crippen LogP) is 0.623. The van der Waals surface area contributed by atoms with E-state index in [1.165, 1.54) is 17.9 Å². The van der Waals surface area contributed by atoms with Gasteiger partial charge in [-0.2, -0.15) is 0 Å². The van der Waals surface area contributed by atoms with Crippen LogP contribution in [0.4, 0.5) is 0 Å². The van der Waals surface area contributed by atoms with Crippen LogP contribution in [-0.2, 0) is 16.1 Å². The van der Waals surface area contributed by atoms with Gasteiger partial charge in [-0.3, -0.25) is 0 Å². The van der Waals surface area contributed by atoms with Crippen LogP contribution in [0, 0.1) is 0 Å². The Kier molecular flexibility index (Phi) is 5.11. The van der Waals surface area contributed by atoms with Gasteiger partial charge in [0.1, 0.15) is 30.3 Å². The summed E-state index contributed by atoms with van der Waals surface area (Å²) < 4.78 is 11.7. The minimum Gasteiger partial charge on any atom is -0.487 e. The lowest BCUT2D eigenvalue weighted by atomic mass is 9.90. The van der Waals surface area contributed by atoms with Crippen LogP contribution in [0.25, 0.3) is 0 Å². The van der Waals surface area contributed by atoms with Gasteiger partial charge in [0.15, 0.2) is 0 Å². The van der Waals surface area contributed by atoms with Crippen LogP contribution >= 0.6 is 0 Å². The van der Waals surface area contributed by atoms with Crippen molar-refractivity contribution in [2.45, 2.75) is 31.3 Å². The van der Waals surface area contributed by atoms with Crippen LogP contribution in [0.2, 0.25) is 0 Å². The maximum absolute atomic E-state index is 11.7. The molecule has 0 spiro atoms. The smallest absolute Gasteiger partial charge is 0.333 e. The summed E-state index contributed by atoms with van der Waals surface area (Å²) in [5.41, 5.74) is 0.864. The third kappa shape index (κ3) is 3.86. The second-order valence-electron chi connectivity index (χ2n) is 5.73. The van der Waals surface area contributed by atoms with E-state index in [1.807, 2.05) is 30.3 Å². The van der Waals surface area contributed by atoms with Gasteiger partial charge < -0.3 is 19.7 Å². The van der Waals surface area contributed by atoms with Crippen LogP contribution in [-0.4, -0.2) is 50.5 Å². The molecule has 0 aliphatic heterocycles. The summed E-state index contributed by atoms with van der Waals surface area (Å²) in [5.74, 6) is 0.171. The first-order valence-electron chi connectivity index (χ1n) is 7.82. The first-order valence-corrected chi connectivity index (χ1v) is 7.82. The molecule has 1 heterocycles. The Hall–Kier alpha value is -2.71. The van der Waals surface area contributed by atoms with Gasteiger partial charge in [0.25, 0.3) is 0 Å². The van der Waals surface area contributed by atoms with E-state index in [9.17, 15) is 15.0 Å². The van der Waals surface area contributed by atoms with E-state index in [1.54, 1.807) is 6.20 Å². The van der Waals surface area contributed by atoms with E-state index in [4.69, 9.17) is 4.74 Å². The van der Waals surface area contributed by atoms with Crippen molar-refractivity contribution in [1.29, 1.82) is 0 Å². The fourth-order valence-electron chi connectivity index (χ4n) is 2.69. The number of para-hydroxylation sites is 1. The molecule has 0 saturated carbocycles. The lowest BCUT2D eigenvalue weighted by Gasteiger charge is -2.30. The summed E-state index contributed by atoms with van der Waals surface area (Å²) in [5, 5.41) is 28.2. The molecule has 0 fully saturated rings. The zero-order chi connectivity index (χ0) is 17.8. The van der Waals surface area contributed by atoms with Crippen molar-refractivity contribution in [3.8, 4) is 5.75 Å². The third-order valence-electron chi connectivity index (χ3n) is 4.02. The third-order valence-corrected chi connectivity index (χ3v) is 4.02. The van der Waals surface area contributed by atoms with Gasteiger partial charge >= 0.3 is 5.97 Å². The maximum atomic E-state index is 11.7. The molecule has 0 radical (unpaired) electrons. The standard InChI is InChI=1S/C17H19N3O5/c1-24-17(23)11-7-14(16(22)15(21)8-11)20-9-12(18-19-20)10-25-13-5-3-2-4-6-13/h2-6,8-9,14-16,21-22H,7,10H2,1H3/t14-,15-,16+/m1/s1. The summed E-state index contributed by atoms with van der Waals surface area (Å²) in [4.78, 5) is 11.7. The van der Waals surface area contributed by atoms with Gasteiger partial charge in [-0.15, -0.1) is 5.10 Å². The lowest BCUT2D eigenvalue weighted by Crippen LogP contribution is -2.39. The van der Waals surface area contributed by atoms with Crippen LogP contribution < -0.4 is 4.74 Å². The summed E-state index contributed by atoms with van der Waals surface area (Å²) >= 11 is 0. The Labute approximate surface area is 144 Å². The maximum Gasteiger partial charge on any atom is 0.333 e. The zero-order valence-corrected chi connectivity index (χ0v) is 13.6. The van der Waals surface area contributed by atoms with Crippen molar-refractivity contribution in [2.75, 3.05) is 7.11 Å². The number of hydrogen-bond acceptors (Lipinski definition) is 7. The molecular formula is C17H19N3O5. The van der Waals surface area contributed by atoms with Crippen molar-refractivity contribution in [1.82, 2.24) is 15.0 Å². The lowest BCUT2D eigenvalue weighted by molar-refractivity contribution is -0.137. The second-order valence-corrected chi connectivity index (χ2v) is 5.73. The fourth-order valence-corrected chi connectivity index (χ4v) is 2.69. The van der Waals surface area contributed by atoms with E-state index < -0.39 is 24.2 Å². The summed E-state index contributed by atoms with van der Waals surface area (Å²) in [6, 6.07) is 8.68. The molecule has 0 saturated heterocycles. The van der Waals surface area contributed by atoms with Crippen molar-refractivity contribution >= 4 is 5.97 Å². The van der Waals surface area contributed by atoms with Crippen LogP contribution in [0.5, 0.6) is 5.75 Å². The van der Waals surface area contributed by atoms with Gasteiger partial charge in [0.05, 0.1) is 19.3 Å². The van der Waals surface area contributed by atoms with Crippen molar-refractivity contribution in [2.24, 2.45) is 0 Å². The number of methoxy groups -OCH3 is 1. The quantitative estimate of drug-likeness (QED) is 0.765. The van der Waals surface area contributed by atoms with E-state index >= 15 is 0 Å². The molecule has 25 heavy (non-hydrogen) atoms. The van der Waals surface area contributed by atoms with E-state index in [2.05, 4.69) is 15.0 Å². The molecule has 0 amide bonds. The molecule has 1 aliphatic carbocycles. The number of carbonyl (C=O) groups is 1. The number of hydrogen-bond donors (Lipinski definition) is 2. The Morgan fingerprint density at radius 2 is 2.08 bits per heavy atom. The monoisotopic (exact) mass is 345 g/mol. The Balaban J connectivity index is 1.70. The van der Waals surface area contributed by atoms with Gasteiger partial charge in [-0.1, -0.05) is 23.4 Å². The number of ether oxygens (including phenoxy) is 2. The highest BCUT2D eigenvalue weighted by Gasteiger charge is 2.35. The number of benzene rings is 1. The highest BCUT2D eigenvalue weighted by atomic mass is 16.5. The number of rotatable bonds is 5. The Bertz CT molecular complexity index is 759. The number of esters is 1. The largest absolute Gasteiger partial charge is 0.487 e. The molecule has 8 nitrogen and oxygen atoms in total.